The predicted molar refractivity (Wildman–Crippen MR) is 130 cm³/mol. The van der Waals surface area contributed by atoms with Crippen LogP contribution in [0.5, 0.6) is 0 Å². The first-order valence-electron chi connectivity index (χ1n) is 12.8. The normalized spacial score (nSPS) is 21.1. The lowest BCUT2D eigenvalue weighted by Gasteiger charge is -2.37. The van der Waals surface area contributed by atoms with Crippen molar-refractivity contribution in [1.29, 1.82) is 0 Å². The summed E-state index contributed by atoms with van der Waals surface area (Å²) in [5.41, 5.74) is 2.61. The second-order valence-electron chi connectivity index (χ2n) is 10.3. The van der Waals surface area contributed by atoms with E-state index in [0.717, 1.165) is 45.2 Å². The van der Waals surface area contributed by atoms with Gasteiger partial charge >= 0.3 is 0 Å². The van der Waals surface area contributed by atoms with Gasteiger partial charge in [-0.15, -0.1) is 0 Å². The van der Waals surface area contributed by atoms with Gasteiger partial charge in [-0.2, -0.15) is 0 Å². The van der Waals surface area contributed by atoms with Gasteiger partial charge in [0.1, 0.15) is 0 Å². The van der Waals surface area contributed by atoms with Crippen LogP contribution in [-0.4, -0.2) is 54.3 Å². The van der Waals surface area contributed by atoms with Gasteiger partial charge < -0.3 is 15.1 Å². The third-order valence-corrected chi connectivity index (χ3v) is 7.18. The summed E-state index contributed by atoms with van der Waals surface area (Å²) in [5.74, 6) is 1.55. The molecule has 3 rings (SSSR count). The summed E-state index contributed by atoms with van der Waals surface area (Å²) < 4.78 is 0. The lowest BCUT2D eigenvalue weighted by atomic mass is 9.92. The van der Waals surface area contributed by atoms with Crippen molar-refractivity contribution in [3.05, 3.63) is 35.4 Å². The maximum atomic E-state index is 12.9. The quantitative estimate of drug-likeness (QED) is 0.650. The molecule has 2 fully saturated rings. The van der Waals surface area contributed by atoms with Crippen LogP contribution in [0.2, 0.25) is 0 Å². The largest absolute Gasteiger partial charge is 0.342 e. The van der Waals surface area contributed by atoms with Gasteiger partial charge in [0, 0.05) is 38.1 Å². The van der Waals surface area contributed by atoms with Gasteiger partial charge in [0.2, 0.25) is 11.8 Å². The zero-order valence-electron chi connectivity index (χ0n) is 20.6. The lowest BCUT2D eigenvalue weighted by molar-refractivity contribution is -0.141. The van der Waals surface area contributed by atoms with Crippen molar-refractivity contribution in [3.63, 3.8) is 0 Å². The van der Waals surface area contributed by atoms with Gasteiger partial charge in [0.15, 0.2) is 0 Å². The van der Waals surface area contributed by atoms with Gasteiger partial charge in [0.05, 0.1) is 6.54 Å². The standard InChI is InChI=1S/C27H43N3O2/c1-5-7-22-9-11-23(12-10-22)26(20(2)3)28-18-25(31)29-16-13-24(14-17-29)27(32)30-15-6-8-21(4)19-30/h9-12,20-21,24,26,28H,5-8,13-19H2,1-4H3. The molecule has 2 aliphatic rings. The van der Waals surface area contributed by atoms with E-state index in [9.17, 15) is 9.59 Å². The van der Waals surface area contributed by atoms with Gasteiger partial charge in [-0.05, 0) is 55.1 Å². The third kappa shape index (κ3) is 6.57. The topological polar surface area (TPSA) is 52.7 Å². The summed E-state index contributed by atoms with van der Waals surface area (Å²) in [6.45, 7) is 12.4. The summed E-state index contributed by atoms with van der Waals surface area (Å²) in [5, 5.41) is 3.51. The highest BCUT2D eigenvalue weighted by Gasteiger charge is 2.32. The SMILES string of the molecule is CCCc1ccc(C(NCC(=O)N2CCC(C(=O)N3CCCC(C)C3)CC2)C(C)C)cc1. The van der Waals surface area contributed by atoms with E-state index in [1.54, 1.807) is 0 Å². The van der Waals surface area contributed by atoms with E-state index in [2.05, 4.69) is 62.2 Å². The zero-order chi connectivity index (χ0) is 23.1. The Labute approximate surface area is 194 Å². The van der Waals surface area contributed by atoms with E-state index in [1.165, 1.54) is 17.5 Å². The highest BCUT2D eigenvalue weighted by atomic mass is 16.2. The fraction of sp³-hybridized carbons (Fsp3) is 0.704. The van der Waals surface area contributed by atoms with Gasteiger partial charge in [-0.25, -0.2) is 0 Å². The molecule has 0 aliphatic carbocycles. The first-order chi connectivity index (χ1) is 15.4. The molecule has 2 atom stereocenters. The second kappa shape index (κ2) is 11.8. The number of carbonyl (C=O) groups excluding carboxylic acids is 2. The van der Waals surface area contributed by atoms with E-state index < -0.39 is 0 Å². The number of rotatable bonds is 8. The fourth-order valence-corrected chi connectivity index (χ4v) is 5.25. The van der Waals surface area contributed by atoms with E-state index in [-0.39, 0.29) is 17.9 Å². The lowest BCUT2D eigenvalue weighted by Crippen LogP contribution is -2.48. The van der Waals surface area contributed by atoms with Crippen LogP contribution in [0.1, 0.15) is 77.0 Å². The van der Waals surface area contributed by atoms with Crippen LogP contribution in [0, 0.1) is 17.8 Å². The first kappa shape index (κ1) is 24.8. The first-order valence-corrected chi connectivity index (χ1v) is 12.8. The maximum Gasteiger partial charge on any atom is 0.236 e. The number of carbonyl (C=O) groups is 2. The molecular weight excluding hydrogens is 398 g/mol. The molecule has 1 aromatic carbocycles. The zero-order valence-corrected chi connectivity index (χ0v) is 20.6. The van der Waals surface area contributed by atoms with Gasteiger partial charge in [-0.1, -0.05) is 58.4 Å². The smallest absolute Gasteiger partial charge is 0.236 e. The predicted octanol–water partition coefficient (Wildman–Crippen LogP) is 4.42. The second-order valence-corrected chi connectivity index (χ2v) is 10.3. The van der Waals surface area contributed by atoms with Crippen LogP contribution in [0.4, 0.5) is 0 Å². The Bertz CT molecular complexity index is 738. The molecule has 1 aromatic rings. The maximum absolute atomic E-state index is 12.9. The molecule has 2 aliphatic heterocycles. The number of piperidine rings is 2. The number of nitrogens with one attached hydrogen (secondary N) is 1. The minimum Gasteiger partial charge on any atom is -0.342 e. The number of hydrogen-bond donors (Lipinski definition) is 1. The van der Waals surface area contributed by atoms with Crippen molar-refractivity contribution in [1.82, 2.24) is 15.1 Å². The van der Waals surface area contributed by atoms with Crippen molar-refractivity contribution >= 4 is 11.8 Å². The Morgan fingerprint density at radius 3 is 2.31 bits per heavy atom. The molecule has 0 spiro atoms. The Hall–Kier alpha value is -1.88. The van der Waals surface area contributed by atoms with Crippen LogP contribution in [0.25, 0.3) is 0 Å². The summed E-state index contributed by atoms with van der Waals surface area (Å²) in [4.78, 5) is 29.8. The average Bonchev–Trinajstić information content (AvgIpc) is 2.79. The van der Waals surface area contributed by atoms with Gasteiger partial charge in [0.25, 0.3) is 0 Å². The van der Waals surface area contributed by atoms with Crippen LogP contribution < -0.4 is 5.32 Å². The molecule has 2 heterocycles. The van der Waals surface area contributed by atoms with Crippen LogP contribution in [-0.2, 0) is 16.0 Å². The van der Waals surface area contributed by atoms with Crippen LogP contribution in [0.3, 0.4) is 0 Å². The average molecular weight is 442 g/mol. The Morgan fingerprint density at radius 1 is 1.03 bits per heavy atom. The number of aryl methyl sites for hydroxylation is 1. The van der Waals surface area contributed by atoms with Crippen molar-refractivity contribution in [2.45, 2.75) is 72.3 Å². The summed E-state index contributed by atoms with van der Waals surface area (Å²) >= 11 is 0. The molecule has 2 unspecified atom stereocenters. The molecule has 0 radical (unpaired) electrons. The van der Waals surface area contributed by atoms with E-state index in [0.29, 0.717) is 37.4 Å². The molecule has 2 saturated heterocycles. The van der Waals surface area contributed by atoms with Crippen molar-refractivity contribution in [2.24, 2.45) is 17.8 Å². The molecular formula is C27H43N3O2. The Kier molecular flexibility index (Phi) is 9.15. The summed E-state index contributed by atoms with van der Waals surface area (Å²) in [7, 11) is 0. The highest BCUT2D eigenvalue weighted by Crippen LogP contribution is 2.25. The molecule has 32 heavy (non-hydrogen) atoms. The molecule has 2 amide bonds. The van der Waals surface area contributed by atoms with Crippen LogP contribution >= 0.6 is 0 Å². The number of benzene rings is 1. The molecule has 178 valence electrons. The Balaban J connectivity index is 1.47. The molecule has 0 saturated carbocycles. The fourth-order valence-electron chi connectivity index (χ4n) is 5.25. The van der Waals surface area contributed by atoms with Gasteiger partial charge in [-0.3, -0.25) is 9.59 Å². The van der Waals surface area contributed by atoms with Crippen molar-refractivity contribution < 1.29 is 9.59 Å². The van der Waals surface area contributed by atoms with Crippen LogP contribution in [0.15, 0.2) is 24.3 Å². The van der Waals surface area contributed by atoms with E-state index in [4.69, 9.17) is 0 Å². The number of amides is 2. The van der Waals surface area contributed by atoms with Crippen molar-refractivity contribution in [3.8, 4) is 0 Å². The Morgan fingerprint density at radius 2 is 1.72 bits per heavy atom. The molecule has 0 bridgehead atoms. The molecule has 1 N–H and O–H groups in total. The van der Waals surface area contributed by atoms with E-state index in [1.807, 2.05) is 4.90 Å². The van der Waals surface area contributed by atoms with Crippen molar-refractivity contribution in [2.75, 3.05) is 32.7 Å². The molecule has 0 aromatic heterocycles. The minimum absolute atomic E-state index is 0.0855. The number of hydrogen-bond acceptors (Lipinski definition) is 3. The molecule has 5 nitrogen and oxygen atoms in total. The molecule has 5 heteroatoms. The summed E-state index contributed by atoms with van der Waals surface area (Å²) in [6.07, 6.45) is 6.19. The monoisotopic (exact) mass is 441 g/mol. The highest BCUT2D eigenvalue weighted by molar-refractivity contribution is 5.81. The summed E-state index contributed by atoms with van der Waals surface area (Å²) in [6, 6.07) is 8.98. The third-order valence-electron chi connectivity index (χ3n) is 7.18. The number of likely N-dealkylation sites (tertiary alicyclic amines) is 2. The minimum atomic E-state index is 0.0855. The number of nitrogens with zero attached hydrogens (tertiary/aromatic N) is 2. The van der Waals surface area contributed by atoms with E-state index >= 15 is 0 Å².